The highest BCUT2D eigenvalue weighted by Gasteiger charge is 2.26. The van der Waals surface area contributed by atoms with Crippen LogP contribution in [-0.2, 0) is 0 Å². The molecule has 0 aliphatic heterocycles. The molecule has 4 aromatic heterocycles. The van der Waals surface area contributed by atoms with Crippen LogP contribution in [0, 0.1) is 34.0 Å². The molecule has 4 heterocycles. The van der Waals surface area contributed by atoms with E-state index in [2.05, 4.69) is 256 Å². The third-order valence-electron chi connectivity index (χ3n) is 16.9. The zero-order valence-corrected chi connectivity index (χ0v) is 46.6. The van der Waals surface area contributed by atoms with E-state index in [0.29, 0.717) is 17.0 Å². The van der Waals surface area contributed by atoms with E-state index >= 15 is 0 Å². The van der Waals surface area contributed by atoms with E-state index in [1.165, 1.54) is 21.5 Å². The van der Waals surface area contributed by atoms with Crippen molar-refractivity contribution in [3.63, 3.8) is 0 Å². The van der Waals surface area contributed by atoms with E-state index < -0.39 is 0 Å². The van der Waals surface area contributed by atoms with Crippen molar-refractivity contribution in [1.82, 2.24) is 23.7 Å². The molecule has 12 aromatic carbocycles. The second kappa shape index (κ2) is 20.5. The zero-order chi connectivity index (χ0) is 58.1. The van der Waals surface area contributed by atoms with Gasteiger partial charge in [0.15, 0.2) is 5.82 Å². The molecule has 0 aliphatic carbocycles. The molecule has 0 bridgehead atoms. The molecule has 0 spiro atoms. The van der Waals surface area contributed by atoms with Gasteiger partial charge in [0.1, 0.15) is 0 Å². The first-order valence-corrected chi connectivity index (χ1v) is 28.8. The standard InChI is InChI=1S/C79H46N8/c80-47-50-39-57(48-81)77(58(40-50)49-82)55-37-38-76-68(43-55)65-31-11-16-36-75(65)87(76)78-66(53-23-17-25-59(41-53)85-71-32-12-7-27-61(71)62-28-8-13-33-72(62)85)44-56(79-83-69(51-19-3-1-4-20-51)46-70(84-79)52-21-5-2-6-22-52)45-67(78)54-24-18-26-60(42-54)86-73-34-14-9-29-63(73)64-30-10-15-35-74(64)86/h1-46H. The number of fused-ring (bicyclic) bond motifs is 9. The van der Waals surface area contributed by atoms with Crippen molar-refractivity contribution in [2.45, 2.75) is 0 Å². The van der Waals surface area contributed by atoms with Gasteiger partial charge in [0, 0.05) is 77.1 Å². The van der Waals surface area contributed by atoms with Crippen LogP contribution in [-0.4, -0.2) is 23.7 Å². The van der Waals surface area contributed by atoms with Crippen LogP contribution in [0.3, 0.4) is 0 Å². The first kappa shape index (κ1) is 50.3. The Balaban J connectivity index is 1.04. The minimum absolute atomic E-state index is 0.256. The quantitative estimate of drug-likeness (QED) is 0.143. The molecule has 0 aliphatic rings. The van der Waals surface area contributed by atoms with Gasteiger partial charge in [-0.1, -0.05) is 182 Å². The lowest BCUT2D eigenvalue weighted by Gasteiger charge is -2.22. The Morgan fingerprint density at radius 1 is 0.276 bits per heavy atom. The van der Waals surface area contributed by atoms with E-state index in [0.717, 1.165) is 111 Å². The lowest BCUT2D eigenvalue weighted by Crippen LogP contribution is -2.04. The predicted molar refractivity (Wildman–Crippen MR) is 352 cm³/mol. The summed E-state index contributed by atoms with van der Waals surface area (Å²) >= 11 is 0. The largest absolute Gasteiger partial charge is 0.309 e. The summed E-state index contributed by atoms with van der Waals surface area (Å²) in [6, 6.07) is 104. The van der Waals surface area contributed by atoms with Crippen molar-refractivity contribution in [3.8, 4) is 103 Å². The van der Waals surface area contributed by atoms with E-state index in [1.807, 2.05) is 42.5 Å². The molecule has 0 fully saturated rings. The fraction of sp³-hybridized carbons (Fsp3) is 0. The highest BCUT2D eigenvalue weighted by molar-refractivity contribution is 6.13. The van der Waals surface area contributed by atoms with Gasteiger partial charge in [-0.25, -0.2) is 9.97 Å². The second-order valence-corrected chi connectivity index (χ2v) is 21.8. The van der Waals surface area contributed by atoms with E-state index in [4.69, 9.17) is 9.97 Å². The fourth-order valence-corrected chi connectivity index (χ4v) is 13.1. The molecule has 402 valence electrons. The normalized spacial score (nSPS) is 11.4. The van der Waals surface area contributed by atoms with Crippen molar-refractivity contribution < 1.29 is 0 Å². The molecular weight excluding hydrogens is 1060 g/mol. The Bertz CT molecular complexity index is 5250. The Morgan fingerprint density at radius 2 is 0.667 bits per heavy atom. The van der Waals surface area contributed by atoms with Crippen molar-refractivity contribution in [3.05, 3.63) is 296 Å². The molecule has 0 unspecified atom stereocenters. The SMILES string of the molecule is N#Cc1cc(C#N)c(-c2ccc3c(c2)c2ccccc2n3-c2c(-c3cccc(-n4c5ccccc5c5ccccc54)c3)cc(-c3nc(-c4ccccc4)cc(-c4ccccc4)n3)cc2-c2cccc(-n3c4ccccc4c4ccccc43)c2)c(C#N)c1. The summed E-state index contributed by atoms with van der Waals surface area (Å²) < 4.78 is 7.11. The first-order valence-electron chi connectivity index (χ1n) is 28.8. The maximum atomic E-state index is 10.6. The number of hydrogen-bond donors (Lipinski definition) is 0. The van der Waals surface area contributed by atoms with E-state index in [-0.39, 0.29) is 16.7 Å². The second-order valence-electron chi connectivity index (χ2n) is 21.8. The third-order valence-corrected chi connectivity index (χ3v) is 16.9. The zero-order valence-electron chi connectivity index (χ0n) is 46.6. The summed E-state index contributed by atoms with van der Waals surface area (Å²) in [4.78, 5) is 11.0. The monoisotopic (exact) mass is 1110 g/mol. The van der Waals surface area contributed by atoms with Crippen LogP contribution in [0.25, 0.3) is 150 Å². The Hall–Kier alpha value is -12.4. The van der Waals surface area contributed by atoms with Gasteiger partial charge < -0.3 is 13.7 Å². The fourth-order valence-electron chi connectivity index (χ4n) is 13.1. The summed E-state index contributed by atoms with van der Waals surface area (Å²) in [5.74, 6) is 0.567. The van der Waals surface area contributed by atoms with Crippen molar-refractivity contribution in [2.24, 2.45) is 0 Å². The molecule has 0 saturated heterocycles. The van der Waals surface area contributed by atoms with Gasteiger partial charge in [0.2, 0.25) is 0 Å². The summed E-state index contributed by atoms with van der Waals surface area (Å²) in [7, 11) is 0. The minimum Gasteiger partial charge on any atom is -0.309 e. The van der Waals surface area contributed by atoms with Crippen molar-refractivity contribution in [2.75, 3.05) is 0 Å². The van der Waals surface area contributed by atoms with Crippen LogP contribution in [0.5, 0.6) is 0 Å². The summed E-state index contributed by atoms with van der Waals surface area (Å²) in [5, 5.41) is 37.7. The number of aromatic nitrogens is 5. The molecule has 0 radical (unpaired) electrons. The summed E-state index contributed by atoms with van der Waals surface area (Å²) in [5.41, 5.74) is 19.3. The molecule has 0 amide bonds. The first-order chi connectivity index (χ1) is 43.0. The van der Waals surface area contributed by atoms with Crippen LogP contribution >= 0.6 is 0 Å². The van der Waals surface area contributed by atoms with Crippen LogP contribution in [0.2, 0.25) is 0 Å². The van der Waals surface area contributed by atoms with Crippen LogP contribution in [0.1, 0.15) is 16.7 Å². The van der Waals surface area contributed by atoms with Gasteiger partial charge in [-0.05, 0) is 114 Å². The Kier molecular flexibility index (Phi) is 11.8. The van der Waals surface area contributed by atoms with Crippen molar-refractivity contribution >= 4 is 65.4 Å². The number of para-hydroxylation sites is 5. The maximum Gasteiger partial charge on any atom is 0.160 e. The topological polar surface area (TPSA) is 112 Å². The number of hydrogen-bond acceptors (Lipinski definition) is 5. The molecule has 87 heavy (non-hydrogen) atoms. The predicted octanol–water partition coefficient (Wildman–Crippen LogP) is 19.4. The maximum absolute atomic E-state index is 10.6. The number of nitriles is 3. The molecule has 0 atom stereocenters. The highest BCUT2D eigenvalue weighted by atomic mass is 15.0. The Morgan fingerprint density at radius 3 is 1.10 bits per heavy atom. The average Bonchev–Trinajstić information content (AvgIpc) is 1.74. The van der Waals surface area contributed by atoms with Crippen molar-refractivity contribution in [1.29, 1.82) is 15.8 Å². The summed E-state index contributed by atoms with van der Waals surface area (Å²) in [6.45, 7) is 0. The summed E-state index contributed by atoms with van der Waals surface area (Å²) in [6.07, 6.45) is 0. The molecule has 8 heteroatoms. The number of nitrogens with zero attached hydrogens (tertiary/aromatic N) is 8. The van der Waals surface area contributed by atoms with Gasteiger partial charge in [0.25, 0.3) is 0 Å². The Labute approximate surface area is 500 Å². The van der Waals surface area contributed by atoms with Crippen LogP contribution in [0.4, 0.5) is 0 Å². The smallest absolute Gasteiger partial charge is 0.160 e. The van der Waals surface area contributed by atoms with E-state index in [9.17, 15) is 15.8 Å². The average molecular weight is 1110 g/mol. The molecular formula is C79H46N8. The highest BCUT2D eigenvalue weighted by Crippen LogP contribution is 2.47. The van der Waals surface area contributed by atoms with Crippen LogP contribution in [0.15, 0.2) is 279 Å². The van der Waals surface area contributed by atoms with Gasteiger partial charge in [-0.3, -0.25) is 0 Å². The van der Waals surface area contributed by atoms with Crippen LogP contribution < -0.4 is 0 Å². The third kappa shape index (κ3) is 8.27. The molecule has 16 rings (SSSR count). The van der Waals surface area contributed by atoms with E-state index in [1.54, 1.807) is 12.1 Å². The van der Waals surface area contributed by atoms with Gasteiger partial charge in [0.05, 0.1) is 85.1 Å². The molecule has 16 aromatic rings. The number of benzene rings is 12. The lowest BCUT2D eigenvalue weighted by molar-refractivity contribution is 1.16. The minimum atomic E-state index is 0.256. The van der Waals surface area contributed by atoms with Gasteiger partial charge in [-0.2, -0.15) is 15.8 Å². The lowest BCUT2D eigenvalue weighted by atomic mass is 9.91. The number of rotatable bonds is 9. The molecule has 0 saturated carbocycles. The van der Waals surface area contributed by atoms with Gasteiger partial charge >= 0.3 is 0 Å². The molecule has 0 N–H and O–H groups in total. The van der Waals surface area contributed by atoms with Gasteiger partial charge in [-0.15, -0.1) is 0 Å². The molecule has 8 nitrogen and oxygen atoms in total.